The molecule has 0 spiro atoms. The van der Waals surface area contributed by atoms with Crippen LogP contribution in [0.1, 0.15) is 30.6 Å². The maximum atomic E-state index is 5.69. The standard InChI is InChI=1S/C13H15N3O/c1-2-4-12-15-13(17-16-12)8-7-10-5-3-6-11(14)9-10/h3,5-9H,2,4,14H2,1H3/b8-7+. The van der Waals surface area contributed by atoms with Gasteiger partial charge in [0.1, 0.15) is 0 Å². The van der Waals surface area contributed by atoms with Crippen LogP contribution in [-0.2, 0) is 6.42 Å². The molecule has 0 aliphatic carbocycles. The maximum Gasteiger partial charge on any atom is 0.250 e. The number of aromatic nitrogens is 2. The van der Waals surface area contributed by atoms with Crippen molar-refractivity contribution in [1.29, 1.82) is 0 Å². The van der Waals surface area contributed by atoms with Crippen molar-refractivity contribution in [3.8, 4) is 0 Å². The van der Waals surface area contributed by atoms with Gasteiger partial charge < -0.3 is 10.3 Å². The second-order valence-electron chi connectivity index (χ2n) is 3.80. The van der Waals surface area contributed by atoms with Gasteiger partial charge in [-0.1, -0.05) is 24.2 Å². The largest absolute Gasteiger partial charge is 0.399 e. The summed E-state index contributed by atoms with van der Waals surface area (Å²) in [5.74, 6) is 1.27. The van der Waals surface area contributed by atoms with E-state index >= 15 is 0 Å². The Hall–Kier alpha value is -2.10. The predicted octanol–water partition coefficient (Wildman–Crippen LogP) is 2.77. The molecule has 0 bridgehead atoms. The lowest BCUT2D eigenvalue weighted by Crippen LogP contribution is -1.85. The zero-order valence-electron chi connectivity index (χ0n) is 9.76. The number of benzene rings is 1. The minimum Gasteiger partial charge on any atom is -0.399 e. The third kappa shape index (κ3) is 3.17. The molecular weight excluding hydrogens is 214 g/mol. The molecule has 2 rings (SSSR count). The first-order valence-corrected chi connectivity index (χ1v) is 5.64. The first-order chi connectivity index (χ1) is 8.28. The molecule has 2 aromatic rings. The molecule has 1 aromatic heterocycles. The van der Waals surface area contributed by atoms with E-state index in [1.807, 2.05) is 30.3 Å². The minimum atomic E-state index is 0.524. The summed E-state index contributed by atoms with van der Waals surface area (Å²) < 4.78 is 5.09. The monoisotopic (exact) mass is 229 g/mol. The zero-order chi connectivity index (χ0) is 12.1. The fraction of sp³-hybridized carbons (Fsp3) is 0.231. The Bertz CT molecular complexity index is 517. The fourth-order valence-electron chi connectivity index (χ4n) is 1.49. The first-order valence-electron chi connectivity index (χ1n) is 5.64. The molecule has 1 aromatic carbocycles. The van der Waals surface area contributed by atoms with Crippen LogP contribution >= 0.6 is 0 Å². The summed E-state index contributed by atoms with van der Waals surface area (Å²) in [5, 5.41) is 3.87. The highest BCUT2D eigenvalue weighted by atomic mass is 16.5. The molecule has 0 amide bonds. The van der Waals surface area contributed by atoms with E-state index in [1.54, 1.807) is 6.08 Å². The smallest absolute Gasteiger partial charge is 0.250 e. The van der Waals surface area contributed by atoms with Crippen molar-refractivity contribution in [3.05, 3.63) is 41.5 Å². The normalized spacial score (nSPS) is 11.1. The molecule has 2 N–H and O–H groups in total. The molecule has 0 atom stereocenters. The van der Waals surface area contributed by atoms with Crippen LogP contribution in [0.3, 0.4) is 0 Å². The van der Waals surface area contributed by atoms with E-state index in [-0.39, 0.29) is 0 Å². The zero-order valence-corrected chi connectivity index (χ0v) is 9.76. The molecule has 4 heteroatoms. The van der Waals surface area contributed by atoms with Crippen molar-refractivity contribution in [3.63, 3.8) is 0 Å². The molecule has 0 fully saturated rings. The minimum absolute atomic E-state index is 0.524. The van der Waals surface area contributed by atoms with Crippen LogP contribution in [0.2, 0.25) is 0 Å². The van der Waals surface area contributed by atoms with Gasteiger partial charge in [-0.3, -0.25) is 0 Å². The van der Waals surface area contributed by atoms with Gasteiger partial charge in [0.25, 0.3) is 5.89 Å². The van der Waals surface area contributed by atoms with E-state index in [0.717, 1.165) is 29.9 Å². The fourth-order valence-corrected chi connectivity index (χ4v) is 1.49. The number of hydrogen-bond donors (Lipinski definition) is 1. The summed E-state index contributed by atoms with van der Waals surface area (Å²) in [4.78, 5) is 4.24. The summed E-state index contributed by atoms with van der Waals surface area (Å²) in [7, 11) is 0. The number of aryl methyl sites for hydroxylation is 1. The second kappa shape index (κ2) is 5.30. The van der Waals surface area contributed by atoms with Gasteiger partial charge in [0, 0.05) is 18.2 Å². The van der Waals surface area contributed by atoms with Crippen molar-refractivity contribution in [2.24, 2.45) is 0 Å². The average Bonchev–Trinajstić information content (AvgIpc) is 2.75. The first kappa shape index (κ1) is 11.4. The van der Waals surface area contributed by atoms with Crippen LogP contribution in [0.25, 0.3) is 12.2 Å². The SMILES string of the molecule is CCCc1noc(/C=C/c2cccc(N)c2)n1. The van der Waals surface area contributed by atoms with Crippen molar-refractivity contribution >= 4 is 17.8 Å². The van der Waals surface area contributed by atoms with Crippen molar-refractivity contribution in [2.75, 3.05) is 5.73 Å². The molecule has 0 aliphatic rings. The molecule has 17 heavy (non-hydrogen) atoms. The van der Waals surface area contributed by atoms with E-state index in [1.165, 1.54) is 0 Å². The van der Waals surface area contributed by atoms with Crippen LogP contribution in [-0.4, -0.2) is 10.1 Å². The summed E-state index contributed by atoms with van der Waals surface area (Å²) in [6, 6.07) is 7.62. The van der Waals surface area contributed by atoms with Crippen molar-refractivity contribution < 1.29 is 4.52 Å². The summed E-state index contributed by atoms with van der Waals surface area (Å²) in [6.07, 6.45) is 5.55. The van der Waals surface area contributed by atoms with Gasteiger partial charge in [-0.05, 0) is 30.2 Å². The topological polar surface area (TPSA) is 64.9 Å². The molecule has 88 valence electrons. The Morgan fingerprint density at radius 2 is 2.24 bits per heavy atom. The quantitative estimate of drug-likeness (QED) is 0.819. The highest BCUT2D eigenvalue weighted by Crippen LogP contribution is 2.10. The predicted molar refractivity (Wildman–Crippen MR) is 68.1 cm³/mol. The van der Waals surface area contributed by atoms with Crippen LogP contribution < -0.4 is 5.73 Å². The Balaban J connectivity index is 2.09. The van der Waals surface area contributed by atoms with Crippen LogP contribution in [0.5, 0.6) is 0 Å². The maximum absolute atomic E-state index is 5.69. The Kier molecular flexibility index (Phi) is 3.55. The van der Waals surface area contributed by atoms with E-state index in [2.05, 4.69) is 17.1 Å². The number of nitrogens with two attached hydrogens (primary N) is 1. The van der Waals surface area contributed by atoms with Crippen LogP contribution in [0.4, 0.5) is 5.69 Å². The van der Waals surface area contributed by atoms with Crippen LogP contribution in [0.15, 0.2) is 28.8 Å². The van der Waals surface area contributed by atoms with E-state index in [4.69, 9.17) is 10.3 Å². The number of hydrogen-bond acceptors (Lipinski definition) is 4. The van der Waals surface area contributed by atoms with E-state index in [0.29, 0.717) is 5.89 Å². The number of nitrogens with zero attached hydrogens (tertiary/aromatic N) is 2. The van der Waals surface area contributed by atoms with Crippen molar-refractivity contribution in [1.82, 2.24) is 10.1 Å². The van der Waals surface area contributed by atoms with Gasteiger partial charge in [-0.2, -0.15) is 4.98 Å². The van der Waals surface area contributed by atoms with Gasteiger partial charge in [-0.25, -0.2) is 0 Å². The van der Waals surface area contributed by atoms with E-state index < -0.39 is 0 Å². The summed E-state index contributed by atoms with van der Waals surface area (Å²) in [5.41, 5.74) is 7.44. The highest BCUT2D eigenvalue weighted by molar-refractivity contribution is 5.67. The lowest BCUT2D eigenvalue weighted by molar-refractivity contribution is 0.403. The molecule has 0 unspecified atom stereocenters. The molecule has 4 nitrogen and oxygen atoms in total. The number of nitrogen functional groups attached to an aromatic ring is 1. The summed E-state index contributed by atoms with van der Waals surface area (Å²) >= 11 is 0. The molecule has 0 saturated carbocycles. The van der Waals surface area contributed by atoms with Crippen molar-refractivity contribution in [2.45, 2.75) is 19.8 Å². The molecule has 1 heterocycles. The van der Waals surface area contributed by atoms with Gasteiger partial charge >= 0.3 is 0 Å². The number of anilines is 1. The lowest BCUT2D eigenvalue weighted by atomic mass is 10.2. The van der Waals surface area contributed by atoms with Gasteiger partial charge in [0.15, 0.2) is 5.82 Å². The average molecular weight is 229 g/mol. The molecule has 0 saturated heterocycles. The van der Waals surface area contributed by atoms with Crippen LogP contribution in [0, 0.1) is 0 Å². The molecular formula is C13H15N3O. The highest BCUT2D eigenvalue weighted by Gasteiger charge is 2.01. The van der Waals surface area contributed by atoms with Gasteiger partial charge in [-0.15, -0.1) is 0 Å². The Morgan fingerprint density at radius 1 is 1.35 bits per heavy atom. The number of rotatable bonds is 4. The third-order valence-corrected chi connectivity index (χ3v) is 2.29. The van der Waals surface area contributed by atoms with Gasteiger partial charge in [0.2, 0.25) is 0 Å². The summed E-state index contributed by atoms with van der Waals surface area (Å²) in [6.45, 7) is 2.08. The molecule has 0 radical (unpaired) electrons. The Labute approximate surface area is 100 Å². The van der Waals surface area contributed by atoms with Gasteiger partial charge in [0.05, 0.1) is 0 Å². The van der Waals surface area contributed by atoms with E-state index in [9.17, 15) is 0 Å². The lowest BCUT2D eigenvalue weighted by Gasteiger charge is -1.94. The second-order valence-corrected chi connectivity index (χ2v) is 3.80. The third-order valence-electron chi connectivity index (χ3n) is 2.29. The molecule has 0 aliphatic heterocycles. The Morgan fingerprint density at radius 3 is 3.00 bits per heavy atom.